The minimum Gasteiger partial charge on any atom is -0.483 e. The Hall–Kier alpha value is -6.84. The van der Waals surface area contributed by atoms with Crippen molar-refractivity contribution in [2.45, 2.75) is 78.6 Å². The van der Waals surface area contributed by atoms with Crippen molar-refractivity contribution >= 4 is 66.9 Å². The number of nitrogens with zero attached hydrogens (tertiary/aromatic N) is 10. The van der Waals surface area contributed by atoms with Gasteiger partial charge in [0.2, 0.25) is 11.9 Å². The molecule has 1 fully saturated rings. The van der Waals surface area contributed by atoms with Crippen LogP contribution in [0.15, 0.2) is 86.1 Å². The number of halogens is 4. The third-order valence-corrected chi connectivity index (χ3v) is 15.2. The Bertz CT molecular complexity index is 3320. The first-order valence-electron chi connectivity index (χ1n) is 24.6. The Morgan fingerprint density at radius 1 is 0.679 bits per heavy atom. The summed E-state index contributed by atoms with van der Waals surface area (Å²) in [5.41, 5.74) is 2.11. The summed E-state index contributed by atoms with van der Waals surface area (Å²) >= 11 is 12.7. The average molecular weight is 1160 g/mol. The van der Waals surface area contributed by atoms with Crippen LogP contribution in [0.2, 0.25) is 10.0 Å². The minimum absolute atomic E-state index is 0.0290. The predicted molar refractivity (Wildman–Crippen MR) is 302 cm³/mol. The molecule has 1 saturated heterocycles. The molecule has 0 saturated carbocycles. The molecule has 6 N–H and O–H groups in total. The van der Waals surface area contributed by atoms with Gasteiger partial charge in [-0.05, 0) is 104 Å². The molecule has 22 nitrogen and oxygen atoms in total. The molecule has 2 aromatic carbocycles. The predicted octanol–water partition coefficient (Wildman–Crippen LogP) is 8.75. The lowest BCUT2D eigenvalue weighted by Crippen LogP contribution is -2.33. The van der Waals surface area contributed by atoms with Gasteiger partial charge in [0.25, 0.3) is 0 Å². The lowest BCUT2D eigenvalue weighted by atomic mass is 10.0. The van der Waals surface area contributed by atoms with Crippen molar-refractivity contribution in [3.05, 3.63) is 108 Å². The van der Waals surface area contributed by atoms with E-state index < -0.39 is 32.1 Å². The minimum atomic E-state index is -3.97. The molecule has 0 aliphatic carbocycles. The van der Waals surface area contributed by atoms with Gasteiger partial charge in [-0.3, -0.25) is 18.8 Å². The van der Waals surface area contributed by atoms with Crippen LogP contribution in [0.1, 0.15) is 66.5 Å². The molecule has 0 bridgehead atoms. The van der Waals surface area contributed by atoms with Crippen molar-refractivity contribution in [1.29, 1.82) is 0 Å². The summed E-state index contributed by atoms with van der Waals surface area (Å²) in [7, 11) is -2.18. The van der Waals surface area contributed by atoms with Gasteiger partial charge in [0.1, 0.15) is 11.4 Å². The number of hydrogen-bond donors (Lipinski definition) is 6. The summed E-state index contributed by atoms with van der Waals surface area (Å²) in [4.78, 5) is 17.7. The van der Waals surface area contributed by atoms with E-state index in [0.29, 0.717) is 83.7 Å². The SMILES string of the molecule is C=C(N[C@@H](C)CNc1nccc(-c2nn(C(C)C)cc2-c2cc(Cl)cc(NS(=O)(=O)N(C)C)c2F)n1)OC.C=C(N[C@@H](C)CNc1nccc(-c2nn(C(C)C)cc2-c2cc(Cl)cc(NS(=O)(=O)N3CCCC3)c2F)n1)OC. The quantitative estimate of drug-likeness (QED) is 0.0310. The van der Waals surface area contributed by atoms with Gasteiger partial charge in [0.05, 0.1) is 37.0 Å². The van der Waals surface area contributed by atoms with Crippen molar-refractivity contribution in [2.24, 2.45) is 0 Å². The molecule has 6 aromatic rings. The van der Waals surface area contributed by atoms with Gasteiger partial charge in [-0.15, -0.1) is 0 Å². The number of anilines is 4. The van der Waals surface area contributed by atoms with E-state index in [4.69, 9.17) is 32.7 Å². The Morgan fingerprint density at radius 3 is 1.47 bits per heavy atom. The first-order valence-corrected chi connectivity index (χ1v) is 28.2. The summed E-state index contributed by atoms with van der Waals surface area (Å²) in [6, 6.07) is 8.55. The number of aromatic nitrogens is 8. The lowest BCUT2D eigenvalue weighted by molar-refractivity contribution is 0.255. The third kappa shape index (κ3) is 15.5. The molecule has 0 radical (unpaired) electrons. The Morgan fingerprint density at radius 2 is 1.09 bits per heavy atom. The standard InChI is InChI=1S/C26H34ClFN8O3S.C24H32ClFN8O3S/c1-16(2)36-15-21(20-12-19(27)13-23(24(20)28)34-40(37,38)35-10-6-7-11-35)25(33-36)22-8-9-29-26(32-22)30-14-17(3)31-18(4)39-5;1-14(2)34-13-19(18-10-17(25)11-21(22(18)26)32-38(35,36)33(5)6)23(31-34)20-8-9-27-24(30-20)28-12-15(3)29-16(4)37-7/h8-9,12-13,15-17,31,34H,4,6-7,10-11,14H2,1-3,5H3,(H,29,30,32);8-11,13-15,29,32H,4,12H2,1-3,5-7H3,(H,27,28,30)/t17-;15-/m00/s1. The van der Waals surface area contributed by atoms with Crippen molar-refractivity contribution in [3.8, 4) is 45.0 Å². The highest BCUT2D eigenvalue weighted by Gasteiger charge is 2.29. The molecule has 7 rings (SSSR count). The highest BCUT2D eigenvalue weighted by molar-refractivity contribution is 7.90. The number of ether oxygens (including phenoxy) is 2. The lowest BCUT2D eigenvalue weighted by Gasteiger charge is -2.18. The summed E-state index contributed by atoms with van der Waals surface area (Å²) < 4.78 is 102. The Kier molecular flexibility index (Phi) is 20.3. The Balaban J connectivity index is 0.000000253. The Labute approximate surface area is 464 Å². The van der Waals surface area contributed by atoms with Crippen LogP contribution in [-0.2, 0) is 29.9 Å². The molecule has 28 heteroatoms. The van der Waals surface area contributed by atoms with E-state index in [1.165, 1.54) is 56.9 Å². The number of methoxy groups -OCH3 is 2. The van der Waals surface area contributed by atoms with E-state index in [0.717, 1.165) is 17.1 Å². The highest BCUT2D eigenvalue weighted by Crippen LogP contribution is 2.40. The fourth-order valence-electron chi connectivity index (χ4n) is 7.58. The van der Waals surface area contributed by atoms with Gasteiger partial charge in [-0.1, -0.05) is 23.2 Å². The normalized spacial score (nSPS) is 13.7. The van der Waals surface area contributed by atoms with E-state index in [-0.39, 0.29) is 56.7 Å². The van der Waals surface area contributed by atoms with Gasteiger partial charge in [-0.2, -0.15) is 35.6 Å². The maximum absolute atomic E-state index is 16.0. The monoisotopic (exact) mass is 1160 g/mol. The van der Waals surface area contributed by atoms with Crippen LogP contribution >= 0.6 is 23.2 Å². The fourth-order valence-corrected chi connectivity index (χ4v) is 9.92. The second kappa shape index (κ2) is 26.2. The highest BCUT2D eigenvalue weighted by atomic mass is 35.5. The summed E-state index contributed by atoms with van der Waals surface area (Å²) in [5.74, 6) is 0.0182. The molecular formula is C50H66Cl2F2N16O6S2. The molecule has 5 heterocycles. The van der Waals surface area contributed by atoms with Gasteiger partial charge in [-0.25, -0.2) is 28.7 Å². The van der Waals surface area contributed by atoms with Crippen LogP contribution in [0.25, 0.3) is 45.0 Å². The van der Waals surface area contributed by atoms with Crippen LogP contribution in [0, 0.1) is 11.6 Å². The molecule has 0 spiro atoms. The number of hydrogen-bond acceptors (Lipinski definition) is 16. The zero-order chi connectivity index (χ0) is 57.2. The van der Waals surface area contributed by atoms with Crippen molar-refractivity contribution in [3.63, 3.8) is 0 Å². The van der Waals surface area contributed by atoms with E-state index in [1.54, 1.807) is 46.3 Å². The van der Waals surface area contributed by atoms with Gasteiger partial charge >= 0.3 is 20.4 Å². The fraction of sp³-hybridized carbons (Fsp3) is 0.400. The van der Waals surface area contributed by atoms with Crippen LogP contribution in [0.3, 0.4) is 0 Å². The van der Waals surface area contributed by atoms with E-state index >= 15 is 8.78 Å². The summed E-state index contributed by atoms with van der Waals surface area (Å²) in [6.45, 7) is 20.8. The zero-order valence-electron chi connectivity index (χ0n) is 45.0. The molecule has 0 unspecified atom stereocenters. The van der Waals surface area contributed by atoms with Crippen molar-refractivity contribution in [2.75, 3.05) is 74.6 Å². The second-order valence-corrected chi connectivity index (χ2v) is 23.2. The maximum atomic E-state index is 16.0. The van der Waals surface area contributed by atoms with Gasteiger partial charge in [0, 0.05) is 122 Å². The molecule has 4 aromatic heterocycles. The van der Waals surface area contributed by atoms with Crippen LogP contribution in [0.4, 0.5) is 32.1 Å². The summed E-state index contributed by atoms with van der Waals surface area (Å²) in [5, 5.41) is 22.1. The molecule has 0 amide bonds. The topological polar surface area (TPSA) is 253 Å². The largest absolute Gasteiger partial charge is 0.483 e. The number of nitrogens with one attached hydrogen (secondary N) is 6. The van der Waals surface area contributed by atoms with Crippen LogP contribution < -0.4 is 30.7 Å². The zero-order valence-corrected chi connectivity index (χ0v) is 48.1. The van der Waals surface area contributed by atoms with E-state index in [9.17, 15) is 16.8 Å². The van der Waals surface area contributed by atoms with E-state index in [2.05, 4.69) is 74.0 Å². The van der Waals surface area contributed by atoms with Crippen LogP contribution in [-0.4, -0.2) is 132 Å². The smallest absolute Gasteiger partial charge is 0.301 e. The van der Waals surface area contributed by atoms with Crippen molar-refractivity contribution < 1.29 is 35.1 Å². The second-order valence-electron chi connectivity index (χ2n) is 18.8. The molecule has 1 aliphatic rings. The van der Waals surface area contributed by atoms with E-state index in [1.807, 2.05) is 41.5 Å². The third-order valence-electron chi connectivity index (χ3n) is 11.8. The van der Waals surface area contributed by atoms with Gasteiger partial charge < -0.3 is 30.7 Å². The molecule has 2 atom stereocenters. The molecular weight excluding hydrogens is 1090 g/mol. The maximum Gasteiger partial charge on any atom is 0.301 e. The summed E-state index contributed by atoms with van der Waals surface area (Å²) in [6.07, 6.45) is 8.05. The van der Waals surface area contributed by atoms with Crippen LogP contribution in [0.5, 0.6) is 0 Å². The van der Waals surface area contributed by atoms with Gasteiger partial charge in [0.15, 0.2) is 23.4 Å². The molecule has 78 heavy (non-hydrogen) atoms. The average Bonchev–Trinajstić information content (AvgIpc) is 4.22. The van der Waals surface area contributed by atoms with Crippen molar-refractivity contribution in [1.82, 2.24) is 58.7 Å². The number of benzene rings is 2. The first kappa shape index (κ1) is 60.4. The molecule has 422 valence electrons. The first-order chi connectivity index (χ1) is 36.8. The molecule has 1 aliphatic heterocycles. The number of rotatable bonds is 24.